The molecule has 3 heteroatoms. The first kappa shape index (κ1) is 16.9. The summed E-state index contributed by atoms with van der Waals surface area (Å²) in [6.45, 7) is 13.6. The van der Waals surface area contributed by atoms with Crippen LogP contribution in [0.1, 0.15) is 66.2 Å². The van der Waals surface area contributed by atoms with E-state index in [9.17, 15) is 4.79 Å². The largest absolute Gasteiger partial charge is 0.413 e. The smallest absolute Gasteiger partial charge is 0.192 e. The molecular formula is C16H32O2Si. The maximum atomic E-state index is 11.9. The van der Waals surface area contributed by atoms with Gasteiger partial charge < -0.3 is 4.43 Å². The van der Waals surface area contributed by atoms with Crippen LogP contribution in [0.3, 0.4) is 0 Å². The van der Waals surface area contributed by atoms with Crippen molar-refractivity contribution in [3.8, 4) is 0 Å². The lowest BCUT2D eigenvalue weighted by Crippen LogP contribution is -2.46. The number of carbonyl (C=O) groups excluding carboxylic acids is 1. The Morgan fingerprint density at radius 2 is 1.89 bits per heavy atom. The molecule has 1 aliphatic rings. The van der Waals surface area contributed by atoms with Crippen molar-refractivity contribution in [1.29, 1.82) is 0 Å². The zero-order valence-corrected chi connectivity index (χ0v) is 14.7. The van der Waals surface area contributed by atoms with Crippen molar-refractivity contribution in [2.24, 2.45) is 5.92 Å². The average Bonchev–Trinajstić information content (AvgIpc) is 2.23. The summed E-state index contributed by atoms with van der Waals surface area (Å²) in [5.74, 6) is 0.979. The molecule has 112 valence electrons. The van der Waals surface area contributed by atoms with Gasteiger partial charge in [-0.3, -0.25) is 4.79 Å². The van der Waals surface area contributed by atoms with Crippen molar-refractivity contribution >= 4 is 14.1 Å². The number of ketones is 1. The van der Waals surface area contributed by atoms with E-state index in [1.165, 1.54) is 19.3 Å². The number of hydrogen-bond acceptors (Lipinski definition) is 2. The van der Waals surface area contributed by atoms with E-state index < -0.39 is 8.32 Å². The summed E-state index contributed by atoms with van der Waals surface area (Å²) in [5, 5.41) is 0.229. The molecular weight excluding hydrogens is 252 g/mol. The number of unbranched alkanes of at least 4 members (excludes halogenated alkanes) is 1. The number of rotatable bonds is 5. The Kier molecular flexibility index (Phi) is 5.81. The summed E-state index contributed by atoms with van der Waals surface area (Å²) in [4.78, 5) is 11.9. The van der Waals surface area contributed by atoms with E-state index in [0.29, 0.717) is 18.1 Å². The molecule has 2 atom stereocenters. The molecule has 1 saturated carbocycles. The van der Waals surface area contributed by atoms with Crippen LogP contribution in [0.2, 0.25) is 18.1 Å². The second-order valence-electron chi connectivity index (χ2n) is 7.69. The van der Waals surface area contributed by atoms with Crippen LogP contribution in [-0.2, 0) is 9.22 Å². The lowest BCUT2D eigenvalue weighted by molar-refractivity contribution is -0.124. The minimum Gasteiger partial charge on any atom is -0.413 e. The van der Waals surface area contributed by atoms with Crippen LogP contribution in [0.5, 0.6) is 0 Å². The summed E-state index contributed by atoms with van der Waals surface area (Å²) in [6, 6.07) is 0. The van der Waals surface area contributed by atoms with Crippen molar-refractivity contribution in [2.45, 2.75) is 90.5 Å². The third kappa shape index (κ3) is 5.03. The van der Waals surface area contributed by atoms with Crippen molar-refractivity contribution in [2.75, 3.05) is 0 Å². The Balaban J connectivity index is 2.60. The minimum atomic E-state index is -1.73. The Morgan fingerprint density at radius 1 is 1.26 bits per heavy atom. The number of Topliss-reactive ketones (excluding diaryl/α,β-unsaturated/α-hetero) is 1. The topological polar surface area (TPSA) is 26.3 Å². The molecule has 0 unspecified atom stereocenters. The van der Waals surface area contributed by atoms with Crippen LogP contribution < -0.4 is 0 Å². The van der Waals surface area contributed by atoms with Gasteiger partial charge in [-0.2, -0.15) is 0 Å². The van der Waals surface area contributed by atoms with E-state index in [2.05, 4.69) is 40.8 Å². The standard InChI is InChI=1S/C16H32O2Si/c1-7-8-9-13-10-14(17)12-15(11-13)18-19(5,6)16(2,3)4/h13,15H,7-12H2,1-6H3/t13-,15+/m1/s1. The third-order valence-corrected chi connectivity index (χ3v) is 9.34. The second-order valence-corrected chi connectivity index (χ2v) is 12.4. The van der Waals surface area contributed by atoms with Gasteiger partial charge in [-0.25, -0.2) is 0 Å². The quantitative estimate of drug-likeness (QED) is 0.669. The molecule has 2 nitrogen and oxygen atoms in total. The maximum absolute atomic E-state index is 11.9. The molecule has 0 heterocycles. The molecule has 0 aromatic rings. The van der Waals surface area contributed by atoms with Gasteiger partial charge in [0.2, 0.25) is 0 Å². The molecule has 0 aromatic heterocycles. The lowest BCUT2D eigenvalue weighted by atomic mass is 9.83. The Morgan fingerprint density at radius 3 is 2.42 bits per heavy atom. The van der Waals surface area contributed by atoms with Crippen molar-refractivity contribution in [3.05, 3.63) is 0 Å². The first-order valence-electron chi connectivity index (χ1n) is 7.85. The zero-order valence-electron chi connectivity index (χ0n) is 13.7. The Bertz CT molecular complexity index is 304. The summed E-state index contributed by atoms with van der Waals surface area (Å²) >= 11 is 0. The van der Waals surface area contributed by atoms with Gasteiger partial charge in [-0.15, -0.1) is 0 Å². The van der Waals surface area contributed by atoms with Crippen LogP contribution in [0, 0.1) is 5.92 Å². The SMILES string of the molecule is CCCC[C@@H]1CC(=O)C[C@@H](O[Si](C)(C)C(C)(C)C)C1. The van der Waals surface area contributed by atoms with E-state index >= 15 is 0 Å². The highest BCUT2D eigenvalue weighted by molar-refractivity contribution is 6.74. The molecule has 1 fully saturated rings. The molecule has 0 saturated heterocycles. The Hall–Kier alpha value is -0.153. The summed E-state index contributed by atoms with van der Waals surface area (Å²) in [5.41, 5.74) is 0. The van der Waals surface area contributed by atoms with Gasteiger partial charge in [-0.05, 0) is 36.9 Å². The van der Waals surface area contributed by atoms with Crippen LogP contribution >= 0.6 is 0 Å². The minimum absolute atomic E-state index is 0.184. The monoisotopic (exact) mass is 284 g/mol. The van der Waals surface area contributed by atoms with Crippen molar-refractivity contribution in [3.63, 3.8) is 0 Å². The molecule has 1 rings (SSSR count). The zero-order chi connectivity index (χ0) is 14.7. The highest BCUT2D eigenvalue weighted by Gasteiger charge is 2.40. The average molecular weight is 285 g/mol. The van der Waals surface area contributed by atoms with E-state index in [4.69, 9.17) is 4.43 Å². The molecule has 0 radical (unpaired) electrons. The van der Waals surface area contributed by atoms with Gasteiger partial charge in [0.15, 0.2) is 8.32 Å². The molecule has 19 heavy (non-hydrogen) atoms. The highest BCUT2D eigenvalue weighted by atomic mass is 28.4. The lowest BCUT2D eigenvalue weighted by Gasteiger charge is -2.41. The highest BCUT2D eigenvalue weighted by Crippen LogP contribution is 2.39. The summed E-state index contributed by atoms with van der Waals surface area (Å²) < 4.78 is 6.44. The van der Waals surface area contributed by atoms with E-state index in [1.54, 1.807) is 0 Å². The van der Waals surface area contributed by atoms with Crippen LogP contribution in [0.25, 0.3) is 0 Å². The molecule has 1 aliphatic carbocycles. The number of carbonyl (C=O) groups is 1. The second kappa shape index (κ2) is 6.53. The van der Waals surface area contributed by atoms with E-state index in [1.807, 2.05) is 0 Å². The van der Waals surface area contributed by atoms with Gasteiger partial charge in [-0.1, -0.05) is 40.5 Å². The van der Waals surface area contributed by atoms with E-state index in [-0.39, 0.29) is 11.1 Å². The molecule has 0 amide bonds. The van der Waals surface area contributed by atoms with Gasteiger partial charge >= 0.3 is 0 Å². The fourth-order valence-electron chi connectivity index (χ4n) is 2.59. The van der Waals surface area contributed by atoms with Crippen molar-refractivity contribution in [1.82, 2.24) is 0 Å². The van der Waals surface area contributed by atoms with Gasteiger partial charge in [0.05, 0.1) is 6.10 Å². The van der Waals surface area contributed by atoms with Gasteiger partial charge in [0.25, 0.3) is 0 Å². The number of hydrogen-bond donors (Lipinski definition) is 0. The van der Waals surface area contributed by atoms with Gasteiger partial charge in [0.1, 0.15) is 5.78 Å². The first-order chi connectivity index (χ1) is 8.65. The fraction of sp³-hybridized carbons (Fsp3) is 0.938. The molecule has 0 aromatic carbocycles. The molecule has 0 spiro atoms. The molecule has 0 aliphatic heterocycles. The molecule has 0 bridgehead atoms. The van der Waals surface area contributed by atoms with Gasteiger partial charge in [0, 0.05) is 12.8 Å². The van der Waals surface area contributed by atoms with Crippen molar-refractivity contribution < 1.29 is 9.22 Å². The van der Waals surface area contributed by atoms with Crippen LogP contribution in [0.15, 0.2) is 0 Å². The first-order valence-corrected chi connectivity index (χ1v) is 10.8. The fourth-order valence-corrected chi connectivity index (χ4v) is 3.96. The predicted molar refractivity (Wildman–Crippen MR) is 83.9 cm³/mol. The third-order valence-electron chi connectivity index (χ3n) is 4.80. The van der Waals surface area contributed by atoms with Crippen LogP contribution in [-0.4, -0.2) is 20.2 Å². The van der Waals surface area contributed by atoms with Crippen LogP contribution in [0.4, 0.5) is 0 Å². The normalized spacial score (nSPS) is 25.7. The Labute approximate surface area is 120 Å². The maximum Gasteiger partial charge on any atom is 0.192 e. The summed E-state index contributed by atoms with van der Waals surface area (Å²) in [7, 11) is -1.73. The van der Waals surface area contributed by atoms with E-state index in [0.717, 1.165) is 12.8 Å². The summed E-state index contributed by atoms with van der Waals surface area (Å²) in [6.07, 6.45) is 6.37. The molecule has 0 N–H and O–H groups in total. The predicted octanol–water partition coefficient (Wildman–Crippen LogP) is 4.94.